The van der Waals surface area contributed by atoms with Gasteiger partial charge in [-0.05, 0) is 45.4 Å². The van der Waals surface area contributed by atoms with E-state index >= 15 is 0 Å². The van der Waals surface area contributed by atoms with Crippen LogP contribution < -0.4 is 5.32 Å². The minimum absolute atomic E-state index is 0.0474. The van der Waals surface area contributed by atoms with Gasteiger partial charge in [-0.1, -0.05) is 28.1 Å². The van der Waals surface area contributed by atoms with E-state index in [9.17, 15) is 5.11 Å². The largest absolute Gasteiger partial charge is 0.389 e. The van der Waals surface area contributed by atoms with Crippen LogP contribution in [0.5, 0.6) is 0 Å². The van der Waals surface area contributed by atoms with Crippen molar-refractivity contribution in [2.24, 2.45) is 0 Å². The second kappa shape index (κ2) is 5.30. The van der Waals surface area contributed by atoms with Gasteiger partial charge in [-0.25, -0.2) is 0 Å². The minimum atomic E-state index is -0.705. The Balaban J connectivity index is 2.65. The molecule has 1 aromatic carbocycles. The molecule has 0 saturated heterocycles. The molecule has 0 amide bonds. The first kappa shape index (κ1) is 13.7. The Morgan fingerprint density at radius 1 is 1.19 bits per heavy atom. The fraction of sp³-hybridized carbons (Fsp3) is 0.538. The maximum atomic E-state index is 9.86. The highest BCUT2D eigenvalue weighted by Crippen LogP contribution is 2.19. The van der Waals surface area contributed by atoms with Crippen molar-refractivity contribution in [2.45, 2.75) is 45.4 Å². The summed E-state index contributed by atoms with van der Waals surface area (Å²) in [5.74, 6) is 0. The molecule has 1 aromatic rings. The zero-order valence-electron chi connectivity index (χ0n) is 10.3. The Bertz CT molecular complexity index is 329. The maximum Gasteiger partial charge on any atom is 0.0741 e. The summed E-state index contributed by atoms with van der Waals surface area (Å²) in [5, 5.41) is 13.2. The molecule has 3 heteroatoms. The van der Waals surface area contributed by atoms with Crippen molar-refractivity contribution in [1.29, 1.82) is 0 Å². The van der Waals surface area contributed by atoms with Gasteiger partial charge in [0.2, 0.25) is 0 Å². The standard InChI is InChI=1S/C13H20BrNO/c1-9(15-10(2)13(3,4)16)11-5-7-12(14)8-6-11/h5-10,15-16H,1-4H3. The molecule has 16 heavy (non-hydrogen) atoms. The molecule has 90 valence electrons. The van der Waals surface area contributed by atoms with Gasteiger partial charge < -0.3 is 10.4 Å². The van der Waals surface area contributed by atoms with E-state index in [4.69, 9.17) is 0 Å². The van der Waals surface area contributed by atoms with Crippen molar-refractivity contribution in [3.8, 4) is 0 Å². The van der Waals surface area contributed by atoms with E-state index < -0.39 is 5.60 Å². The highest BCUT2D eigenvalue weighted by Gasteiger charge is 2.23. The quantitative estimate of drug-likeness (QED) is 0.890. The predicted octanol–water partition coefficient (Wildman–Crippen LogP) is 3.26. The number of aliphatic hydroxyl groups is 1. The molecule has 0 aromatic heterocycles. The van der Waals surface area contributed by atoms with Gasteiger partial charge in [-0.3, -0.25) is 0 Å². The molecular formula is C13H20BrNO. The fourth-order valence-electron chi connectivity index (χ4n) is 1.43. The smallest absolute Gasteiger partial charge is 0.0741 e. The molecule has 2 N–H and O–H groups in total. The van der Waals surface area contributed by atoms with E-state index in [0.717, 1.165) is 4.47 Å². The average Bonchev–Trinajstić information content (AvgIpc) is 2.17. The summed E-state index contributed by atoms with van der Waals surface area (Å²) < 4.78 is 1.08. The van der Waals surface area contributed by atoms with Gasteiger partial charge in [-0.2, -0.15) is 0 Å². The Morgan fingerprint density at radius 2 is 1.69 bits per heavy atom. The summed E-state index contributed by atoms with van der Waals surface area (Å²) in [7, 11) is 0. The van der Waals surface area contributed by atoms with Crippen molar-refractivity contribution < 1.29 is 5.11 Å². The molecule has 0 fully saturated rings. The minimum Gasteiger partial charge on any atom is -0.389 e. The summed E-state index contributed by atoms with van der Waals surface area (Å²) in [6.45, 7) is 7.73. The van der Waals surface area contributed by atoms with E-state index in [1.165, 1.54) is 5.56 Å². The lowest BCUT2D eigenvalue weighted by Gasteiger charge is -2.30. The molecular weight excluding hydrogens is 266 g/mol. The van der Waals surface area contributed by atoms with Crippen LogP contribution in [0.3, 0.4) is 0 Å². The van der Waals surface area contributed by atoms with Crippen molar-refractivity contribution in [1.82, 2.24) is 5.32 Å². The van der Waals surface area contributed by atoms with Crippen molar-refractivity contribution in [2.75, 3.05) is 0 Å². The third kappa shape index (κ3) is 3.89. The SMILES string of the molecule is CC(NC(C)C(C)(C)O)c1ccc(Br)cc1. The maximum absolute atomic E-state index is 9.86. The summed E-state index contributed by atoms with van der Waals surface area (Å²) >= 11 is 3.42. The van der Waals surface area contributed by atoms with E-state index in [0.29, 0.717) is 0 Å². The van der Waals surface area contributed by atoms with Crippen LogP contribution in [0.25, 0.3) is 0 Å². The second-order valence-electron chi connectivity index (χ2n) is 4.82. The molecule has 2 atom stereocenters. The fourth-order valence-corrected chi connectivity index (χ4v) is 1.69. The van der Waals surface area contributed by atoms with E-state index in [-0.39, 0.29) is 12.1 Å². The van der Waals surface area contributed by atoms with Gasteiger partial charge >= 0.3 is 0 Å². The highest BCUT2D eigenvalue weighted by atomic mass is 79.9. The van der Waals surface area contributed by atoms with Crippen LogP contribution in [0.4, 0.5) is 0 Å². The molecule has 0 bridgehead atoms. The van der Waals surface area contributed by atoms with Crippen molar-refractivity contribution >= 4 is 15.9 Å². The highest BCUT2D eigenvalue weighted by molar-refractivity contribution is 9.10. The van der Waals surface area contributed by atoms with Gasteiger partial charge in [0, 0.05) is 16.6 Å². The summed E-state index contributed by atoms with van der Waals surface area (Å²) in [5.41, 5.74) is 0.517. The van der Waals surface area contributed by atoms with Crippen LogP contribution >= 0.6 is 15.9 Å². The first-order chi connectivity index (χ1) is 7.30. The van der Waals surface area contributed by atoms with Crippen LogP contribution in [-0.4, -0.2) is 16.7 Å². The predicted molar refractivity (Wildman–Crippen MR) is 71.5 cm³/mol. The molecule has 0 saturated carbocycles. The molecule has 2 unspecified atom stereocenters. The number of halogens is 1. The number of nitrogens with one attached hydrogen (secondary N) is 1. The molecule has 0 aliphatic rings. The molecule has 2 nitrogen and oxygen atoms in total. The third-order valence-electron chi connectivity index (χ3n) is 2.93. The molecule has 0 heterocycles. The second-order valence-corrected chi connectivity index (χ2v) is 5.73. The van der Waals surface area contributed by atoms with Crippen LogP contribution in [0.1, 0.15) is 39.3 Å². The Morgan fingerprint density at radius 3 is 2.12 bits per heavy atom. The Kier molecular flexibility index (Phi) is 4.53. The number of rotatable bonds is 4. The van der Waals surface area contributed by atoms with Gasteiger partial charge in [0.25, 0.3) is 0 Å². The molecule has 1 rings (SSSR count). The van der Waals surface area contributed by atoms with Crippen LogP contribution in [0.15, 0.2) is 28.7 Å². The summed E-state index contributed by atoms with van der Waals surface area (Å²) in [6, 6.07) is 8.50. The third-order valence-corrected chi connectivity index (χ3v) is 3.46. The monoisotopic (exact) mass is 285 g/mol. The first-order valence-corrected chi connectivity index (χ1v) is 6.34. The van der Waals surface area contributed by atoms with Crippen LogP contribution in [0, 0.1) is 0 Å². The van der Waals surface area contributed by atoms with Crippen LogP contribution in [0.2, 0.25) is 0 Å². The van der Waals surface area contributed by atoms with Gasteiger partial charge in [-0.15, -0.1) is 0 Å². The topological polar surface area (TPSA) is 32.3 Å². The zero-order valence-corrected chi connectivity index (χ0v) is 11.9. The van der Waals surface area contributed by atoms with Crippen LogP contribution in [-0.2, 0) is 0 Å². The Hall–Kier alpha value is -0.380. The number of hydrogen-bond acceptors (Lipinski definition) is 2. The van der Waals surface area contributed by atoms with E-state index in [1.54, 1.807) is 0 Å². The lowest BCUT2D eigenvalue weighted by molar-refractivity contribution is 0.0405. The van der Waals surface area contributed by atoms with Gasteiger partial charge in [0.1, 0.15) is 0 Å². The van der Waals surface area contributed by atoms with Crippen molar-refractivity contribution in [3.63, 3.8) is 0 Å². The lowest BCUT2D eigenvalue weighted by atomic mass is 9.98. The van der Waals surface area contributed by atoms with Gasteiger partial charge in [0.05, 0.1) is 5.60 Å². The molecule has 0 aliphatic carbocycles. The summed E-state index contributed by atoms with van der Waals surface area (Å²) in [4.78, 5) is 0. The van der Waals surface area contributed by atoms with E-state index in [1.807, 2.05) is 32.9 Å². The van der Waals surface area contributed by atoms with Crippen molar-refractivity contribution in [3.05, 3.63) is 34.3 Å². The normalized spacial score (nSPS) is 15.9. The molecule has 0 radical (unpaired) electrons. The average molecular weight is 286 g/mol. The van der Waals surface area contributed by atoms with E-state index in [2.05, 4.69) is 40.3 Å². The molecule has 0 spiro atoms. The van der Waals surface area contributed by atoms with Gasteiger partial charge in [0.15, 0.2) is 0 Å². The number of benzene rings is 1. The lowest BCUT2D eigenvalue weighted by Crippen LogP contribution is -2.45. The first-order valence-electron chi connectivity index (χ1n) is 5.54. The summed E-state index contributed by atoms with van der Waals surface area (Å²) in [6.07, 6.45) is 0. The zero-order chi connectivity index (χ0) is 12.3. The Labute approximate surface area is 106 Å². The molecule has 0 aliphatic heterocycles. The number of hydrogen-bond donors (Lipinski definition) is 2.